The molecule has 0 aromatic carbocycles. The molecule has 0 bridgehead atoms. The average Bonchev–Trinajstić information content (AvgIpc) is 2.98. The van der Waals surface area contributed by atoms with E-state index in [-0.39, 0.29) is 23.8 Å². The van der Waals surface area contributed by atoms with Crippen LogP contribution in [0, 0.1) is 0 Å². The van der Waals surface area contributed by atoms with Crippen LogP contribution in [0.1, 0.15) is 55.7 Å². The number of amides is 1. The van der Waals surface area contributed by atoms with Crippen molar-refractivity contribution >= 4 is 5.91 Å². The SMILES string of the molecule is CCC(C)NC(=O)c1noc(C2CCCN2)n1. The second-order valence-electron chi connectivity index (χ2n) is 4.39. The van der Waals surface area contributed by atoms with Gasteiger partial charge in [-0.3, -0.25) is 4.79 Å². The molecule has 2 atom stereocenters. The smallest absolute Gasteiger partial charge is 0.292 e. The Morgan fingerprint density at radius 1 is 1.71 bits per heavy atom. The summed E-state index contributed by atoms with van der Waals surface area (Å²) in [5.41, 5.74) is 0. The molecule has 6 nitrogen and oxygen atoms in total. The van der Waals surface area contributed by atoms with E-state index in [0.29, 0.717) is 5.89 Å². The molecule has 2 unspecified atom stereocenters. The summed E-state index contributed by atoms with van der Waals surface area (Å²) in [6, 6.07) is 0.224. The van der Waals surface area contributed by atoms with E-state index >= 15 is 0 Å². The Labute approximate surface area is 100 Å². The zero-order valence-electron chi connectivity index (χ0n) is 10.2. The number of carbonyl (C=O) groups excluding carboxylic acids is 1. The van der Waals surface area contributed by atoms with Gasteiger partial charge in [0.1, 0.15) is 0 Å². The summed E-state index contributed by atoms with van der Waals surface area (Å²) in [6.07, 6.45) is 2.96. The topological polar surface area (TPSA) is 80.0 Å². The highest BCUT2D eigenvalue weighted by Gasteiger charge is 2.24. The van der Waals surface area contributed by atoms with Crippen molar-refractivity contribution < 1.29 is 9.32 Å². The minimum absolute atomic E-state index is 0.104. The molecule has 1 aliphatic heterocycles. The van der Waals surface area contributed by atoms with Crippen LogP contribution < -0.4 is 10.6 Å². The maximum Gasteiger partial charge on any atom is 0.292 e. The summed E-state index contributed by atoms with van der Waals surface area (Å²) in [5, 5.41) is 9.76. The Kier molecular flexibility index (Phi) is 3.73. The van der Waals surface area contributed by atoms with E-state index < -0.39 is 0 Å². The van der Waals surface area contributed by atoms with Gasteiger partial charge in [-0.05, 0) is 32.7 Å². The first kappa shape index (κ1) is 12.0. The zero-order chi connectivity index (χ0) is 12.3. The molecule has 1 aromatic heterocycles. The molecule has 1 fully saturated rings. The Morgan fingerprint density at radius 2 is 2.53 bits per heavy atom. The van der Waals surface area contributed by atoms with Crippen LogP contribution >= 0.6 is 0 Å². The fourth-order valence-electron chi connectivity index (χ4n) is 1.75. The van der Waals surface area contributed by atoms with Crippen molar-refractivity contribution in [2.75, 3.05) is 6.54 Å². The average molecular weight is 238 g/mol. The van der Waals surface area contributed by atoms with Gasteiger partial charge in [0.05, 0.1) is 6.04 Å². The number of aromatic nitrogens is 2. The van der Waals surface area contributed by atoms with Crippen molar-refractivity contribution in [2.45, 2.75) is 45.2 Å². The molecule has 6 heteroatoms. The number of rotatable bonds is 4. The van der Waals surface area contributed by atoms with Gasteiger partial charge in [-0.1, -0.05) is 12.1 Å². The van der Waals surface area contributed by atoms with Crippen LogP contribution in [-0.4, -0.2) is 28.6 Å². The number of hydrogen-bond donors (Lipinski definition) is 2. The van der Waals surface area contributed by atoms with E-state index in [2.05, 4.69) is 20.8 Å². The van der Waals surface area contributed by atoms with E-state index in [0.717, 1.165) is 25.8 Å². The highest BCUT2D eigenvalue weighted by Crippen LogP contribution is 2.20. The maximum atomic E-state index is 11.7. The van der Waals surface area contributed by atoms with Gasteiger partial charge in [0.15, 0.2) is 0 Å². The lowest BCUT2D eigenvalue weighted by atomic mass is 10.2. The third-order valence-electron chi connectivity index (χ3n) is 2.99. The van der Waals surface area contributed by atoms with Crippen LogP contribution in [0.5, 0.6) is 0 Å². The van der Waals surface area contributed by atoms with Crippen molar-refractivity contribution in [2.24, 2.45) is 0 Å². The van der Waals surface area contributed by atoms with Gasteiger partial charge in [0, 0.05) is 6.04 Å². The fourth-order valence-corrected chi connectivity index (χ4v) is 1.75. The summed E-state index contributed by atoms with van der Waals surface area (Å²) >= 11 is 0. The van der Waals surface area contributed by atoms with Gasteiger partial charge >= 0.3 is 0 Å². The van der Waals surface area contributed by atoms with Crippen molar-refractivity contribution in [3.63, 3.8) is 0 Å². The third kappa shape index (κ3) is 2.82. The summed E-state index contributed by atoms with van der Waals surface area (Å²) in [6.45, 7) is 4.91. The Hall–Kier alpha value is -1.43. The largest absolute Gasteiger partial charge is 0.347 e. The lowest BCUT2D eigenvalue weighted by molar-refractivity contribution is 0.0925. The number of carbonyl (C=O) groups is 1. The van der Waals surface area contributed by atoms with E-state index in [9.17, 15) is 4.79 Å². The molecule has 0 spiro atoms. The number of nitrogens with zero attached hydrogens (tertiary/aromatic N) is 2. The molecular formula is C11H18N4O2. The van der Waals surface area contributed by atoms with Crippen LogP contribution in [-0.2, 0) is 0 Å². The molecule has 1 aliphatic rings. The van der Waals surface area contributed by atoms with Crippen molar-refractivity contribution in [3.8, 4) is 0 Å². The first-order valence-corrected chi connectivity index (χ1v) is 6.08. The van der Waals surface area contributed by atoms with Crippen molar-refractivity contribution in [1.82, 2.24) is 20.8 Å². The second-order valence-corrected chi connectivity index (χ2v) is 4.39. The second kappa shape index (κ2) is 5.27. The van der Waals surface area contributed by atoms with E-state index in [1.54, 1.807) is 0 Å². The van der Waals surface area contributed by atoms with Gasteiger partial charge in [-0.15, -0.1) is 0 Å². The lowest BCUT2D eigenvalue weighted by Crippen LogP contribution is -2.32. The van der Waals surface area contributed by atoms with Crippen LogP contribution in [0.2, 0.25) is 0 Å². The first-order chi connectivity index (χ1) is 8.20. The predicted molar refractivity (Wildman–Crippen MR) is 61.5 cm³/mol. The first-order valence-electron chi connectivity index (χ1n) is 6.08. The van der Waals surface area contributed by atoms with Crippen LogP contribution in [0.3, 0.4) is 0 Å². The zero-order valence-corrected chi connectivity index (χ0v) is 10.2. The summed E-state index contributed by atoms with van der Waals surface area (Å²) < 4.78 is 5.10. The minimum atomic E-state index is -0.271. The molecule has 1 saturated heterocycles. The van der Waals surface area contributed by atoms with Crippen molar-refractivity contribution in [1.29, 1.82) is 0 Å². The predicted octanol–water partition coefficient (Wildman–Crippen LogP) is 1.02. The lowest BCUT2D eigenvalue weighted by Gasteiger charge is -2.08. The molecule has 1 amide bonds. The molecule has 94 valence electrons. The number of nitrogens with one attached hydrogen (secondary N) is 2. The molecule has 0 radical (unpaired) electrons. The number of hydrogen-bond acceptors (Lipinski definition) is 5. The summed E-state index contributed by atoms with van der Waals surface area (Å²) in [4.78, 5) is 15.9. The van der Waals surface area contributed by atoms with Crippen LogP contribution in [0.4, 0.5) is 0 Å². The molecular weight excluding hydrogens is 220 g/mol. The quantitative estimate of drug-likeness (QED) is 0.818. The van der Waals surface area contributed by atoms with Gasteiger partial charge < -0.3 is 15.2 Å². The van der Waals surface area contributed by atoms with Crippen LogP contribution in [0.15, 0.2) is 4.52 Å². The van der Waals surface area contributed by atoms with E-state index in [1.807, 2.05) is 13.8 Å². The highest BCUT2D eigenvalue weighted by molar-refractivity contribution is 5.90. The molecule has 2 heterocycles. The third-order valence-corrected chi connectivity index (χ3v) is 2.99. The summed E-state index contributed by atoms with van der Waals surface area (Å²) in [7, 11) is 0. The molecule has 2 N–H and O–H groups in total. The Morgan fingerprint density at radius 3 is 3.18 bits per heavy atom. The van der Waals surface area contributed by atoms with Gasteiger partial charge in [-0.2, -0.15) is 4.98 Å². The molecule has 0 saturated carbocycles. The molecule has 2 rings (SSSR count). The van der Waals surface area contributed by atoms with E-state index in [4.69, 9.17) is 4.52 Å². The highest BCUT2D eigenvalue weighted by atomic mass is 16.5. The Bertz CT molecular complexity index is 385. The van der Waals surface area contributed by atoms with Gasteiger partial charge in [-0.25, -0.2) is 0 Å². The van der Waals surface area contributed by atoms with Gasteiger partial charge in [0.25, 0.3) is 11.7 Å². The molecule has 1 aromatic rings. The van der Waals surface area contributed by atoms with Crippen LogP contribution in [0.25, 0.3) is 0 Å². The molecule has 17 heavy (non-hydrogen) atoms. The summed E-state index contributed by atoms with van der Waals surface area (Å²) in [5.74, 6) is 0.359. The minimum Gasteiger partial charge on any atom is -0.347 e. The normalized spacial score (nSPS) is 21.4. The monoisotopic (exact) mass is 238 g/mol. The van der Waals surface area contributed by atoms with Crippen molar-refractivity contribution in [3.05, 3.63) is 11.7 Å². The van der Waals surface area contributed by atoms with Gasteiger partial charge in [0.2, 0.25) is 5.89 Å². The fraction of sp³-hybridized carbons (Fsp3) is 0.727. The maximum absolute atomic E-state index is 11.7. The standard InChI is InChI=1S/C11H18N4O2/c1-3-7(2)13-10(16)9-14-11(17-15-9)8-5-4-6-12-8/h7-8,12H,3-6H2,1-2H3,(H,13,16). The van der Waals surface area contributed by atoms with E-state index in [1.165, 1.54) is 0 Å². The Balaban J connectivity index is 1.99. The molecule has 0 aliphatic carbocycles.